The van der Waals surface area contributed by atoms with Crippen molar-refractivity contribution in [3.8, 4) is 0 Å². The third kappa shape index (κ3) is 6.48. The van der Waals surface area contributed by atoms with Gasteiger partial charge in [0.1, 0.15) is 0 Å². The van der Waals surface area contributed by atoms with Crippen molar-refractivity contribution in [2.75, 3.05) is 12.4 Å². The Balaban J connectivity index is 2.87. The van der Waals surface area contributed by atoms with E-state index in [0.29, 0.717) is 0 Å². The predicted octanol–water partition coefficient (Wildman–Crippen LogP) is 4.25. The minimum atomic E-state index is -1.18. The molecule has 1 rings (SSSR count). The Hall–Kier alpha value is -1.07. The maximum Gasteiger partial charge on any atom is 0.303 e. The van der Waals surface area contributed by atoms with Crippen molar-refractivity contribution < 1.29 is 9.90 Å². The molecule has 0 aromatic heterocycles. The van der Waals surface area contributed by atoms with Gasteiger partial charge in [0.2, 0.25) is 0 Å². The zero-order valence-electron chi connectivity index (χ0n) is 13.5. The van der Waals surface area contributed by atoms with Gasteiger partial charge in [-0.05, 0) is 17.7 Å². The zero-order valence-corrected chi connectivity index (χ0v) is 15.3. The summed E-state index contributed by atoms with van der Waals surface area (Å²) in [7, 11) is -1.18. The van der Waals surface area contributed by atoms with Gasteiger partial charge in [0.05, 0.1) is 19.5 Å². The summed E-state index contributed by atoms with van der Waals surface area (Å²) in [6.45, 7) is 8.87. The van der Waals surface area contributed by atoms with E-state index in [-0.39, 0.29) is 12.3 Å². The zero-order chi connectivity index (χ0) is 16.0. The highest BCUT2D eigenvalue weighted by Gasteiger charge is 2.14. The number of carboxylic acid groups (broad SMARTS) is 1. The lowest BCUT2D eigenvalue weighted by Crippen LogP contribution is -2.25. The van der Waals surface area contributed by atoms with Crippen LogP contribution in [0.4, 0.5) is 0 Å². The van der Waals surface area contributed by atoms with Crippen molar-refractivity contribution in [2.45, 2.75) is 38.9 Å². The summed E-state index contributed by atoms with van der Waals surface area (Å²) in [5, 5.41) is 9.92. The van der Waals surface area contributed by atoms with Gasteiger partial charge in [-0.2, -0.15) is 0 Å². The monoisotopic (exact) mass is 323 g/mol. The number of aliphatic imine (C=N–C) groups is 1. The van der Waals surface area contributed by atoms with Crippen molar-refractivity contribution in [3.63, 3.8) is 0 Å². The first kappa shape index (κ1) is 18.0. The number of hydrogen-bond acceptors (Lipinski definition) is 3. The summed E-state index contributed by atoms with van der Waals surface area (Å²) < 4.78 is 0. The molecule has 1 unspecified atom stereocenters. The number of carboxylic acids is 1. The van der Waals surface area contributed by atoms with Crippen LogP contribution in [-0.2, 0) is 4.79 Å². The summed E-state index contributed by atoms with van der Waals surface area (Å²) >= 11 is 1.67. The minimum absolute atomic E-state index is 0.0354. The largest absolute Gasteiger partial charge is 0.481 e. The topological polar surface area (TPSA) is 49.7 Å². The summed E-state index contributed by atoms with van der Waals surface area (Å²) in [6, 6.07) is 8.13. The minimum Gasteiger partial charge on any atom is -0.481 e. The molecule has 0 spiro atoms. The lowest BCUT2D eigenvalue weighted by molar-refractivity contribution is -0.137. The number of thioether (sulfide) groups is 1. The van der Waals surface area contributed by atoms with Crippen LogP contribution in [0.3, 0.4) is 0 Å². The maximum atomic E-state index is 10.8. The third-order valence-corrected chi connectivity index (χ3v) is 4.96. The van der Waals surface area contributed by atoms with Gasteiger partial charge in [0.25, 0.3) is 0 Å². The Labute approximate surface area is 132 Å². The lowest BCUT2D eigenvalue weighted by Gasteiger charge is -2.14. The maximum absolute atomic E-state index is 10.8. The molecule has 0 saturated carbocycles. The molecular formula is C16H25NO2SSi. The van der Waals surface area contributed by atoms with Crippen molar-refractivity contribution in [1.82, 2.24) is 0 Å². The van der Waals surface area contributed by atoms with Crippen LogP contribution in [0, 0.1) is 0 Å². The molecule has 1 aromatic carbocycles. The summed E-state index contributed by atoms with van der Waals surface area (Å²) in [5.74, 6) is -0.721. The quantitative estimate of drug-likeness (QED) is 0.483. The van der Waals surface area contributed by atoms with E-state index in [2.05, 4.69) is 19.6 Å². The van der Waals surface area contributed by atoms with E-state index in [1.807, 2.05) is 37.4 Å². The van der Waals surface area contributed by atoms with Crippen LogP contribution in [0.15, 0.2) is 29.3 Å². The van der Waals surface area contributed by atoms with Gasteiger partial charge in [-0.15, -0.1) is 11.8 Å². The van der Waals surface area contributed by atoms with Crippen LogP contribution in [0.1, 0.15) is 30.4 Å². The SMILES string of the molecule is CSC(=NC[Si](C)(C)C)c1ccc(C(C)CC(=O)O)cc1. The molecule has 0 bridgehead atoms. The molecule has 0 heterocycles. The predicted molar refractivity (Wildman–Crippen MR) is 95.4 cm³/mol. The number of hydrogen-bond donors (Lipinski definition) is 1. The summed E-state index contributed by atoms with van der Waals surface area (Å²) in [4.78, 5) is 15.5. The number of nitrogens with zero attached hydrogens (tertiary/aromatic N) is 1. The Bertz CT molecular complexity index is 506. The fourth-order valence-electron chi connectivity index (χ4n) is 1.92. The second kappa shape index (κ2) is 7.80. The number of aliphatic carboxylic acids is 1. The Morgan fingerprint density at radius 3 is 2.29 bits per heavy atom. The molecule has 116 valence electrons. The third-order valence-electron chi connectivity index (χ3n) is 3.10. The average Bonchev–Trinajstić information content (AvgIpc) is 2.38. The van der Waals surface area contributed by atoms with Gasteiger partial charge in [-0.25, -0.2) is 0 Å². The van der Waals surface area contributed by atoms with E-state index in [0.717, 1.165) is 22.3 Å². The van der Waals surface area contributed by atoms with Crippen molar-refractivity contribution in [2.24, 2.45) is 4.99 Å². The highest BCUT2D eigenvalue weighted by atomic mass is 32.2. The Morgan fingerprint density at radius 2 is 1.86 bits per heavy atom. The van der Waals surface area contributed by atoms with Crippen LogP contribution in [-0.4, -0.2) is 36.6 Å². The second-order valence-electron chi connectivity index (χ2n) is 6.51. The fraction of sp³-hybridized carbons (Fsp3) is 0.500. The normalized spacial score (nSPS) is 14.0. The molecule has 21 heavy (non-hydrogen) atoms. The molecule has 0 radical (unpaired) electrons. The highest BCUT2D eigenvalue weighted by Crippen LogP contribution is 2.21. The van der Waals surface area contributed by atoms with Crippen molar-refractivity contribution in [3.05, 3.63) is 35.4 Å². The Kier molecular flexibility index (Phi) is 6.68. The molecule has 0 aliphatic heterocycles. The van der Waals surface area contributed by atoms with Gasteiger partial charge in [0.15, 0.2) is 0 Å². The van der Waals surface area contributed by atoms with Crippen LogP contribution >= 0.6 is 11.8 Å². The first-order valence-electron chi connectivity index (χ1n) is 7.13. The van der Waals surface area contributed by atoms with Gasteiger partial charge < -0.3 is 5.11 Å². The van der Waals surface area contributed by atoms with Crippen LogP contribution in [0.25, 0.3) is 0 Å². The molecule has 5 heteroatoms. The molecule has 3 nitrogen and oxygen atoms in total. The number of rotatable bonds is 6. The van der Waals surface area contributed by atoms with Gasteiger partial charge in [-0.1, -0.05) is 50.8 Å². The summed E-state index contributed by atoms with van der Waals surface area (Å²) in [5.41, 5.74) is 2.18. The van der Waals surface area contributed by atoms with E-state index in [1.54, 1.807) is 11.8 Å². The number of carbonyl (C=O) groups is 1. The molecule has 0 aliphatic carbocycles. The molecule has 0 aliphatic rings. The molecular weight excluding hydrogens is 298 g/mol. The average molecular weight is 324 g/mol. The second-order valence-corrected chi connectivity index (χ2v) is 12.7. The lowest BCUT2D eigenvalue weighted by atomic mass is 9.97. The first-order chi connectivity index (χ1) is 9.73. The summed E-state index contributed by atoms with van der Waals surface area (Å²) in [6.07, 6.45) is 3.14. The molecule has 0 amide bonds. The van der Waals surface area contributed by atoms with Gasteiger partial charge in [0, 0.05) is 11.7 Å². The number of benzene rings is 1. The molecule has 0 saturated heterocycles. The first-order valence-corrected chi connectivity index (χ1v) is 12.1. The Morgan fingerprint density at radius 1 is 1.29 bits per heavy atom. The smallest absolute Gasteiger partial charge is 0.303 e. The van der Waals surface area contributed by atoms with E-state index >= 15 is 0 Å². The fourth-order valence-corrected chi connectivity index (χ4v) is 3.23. The van der Waals surface area contributed by atoms with E-state index in [9.17, 15) is 4.79 Å². The van der Waals surface area contributed by atoms with Crippen molar-refractivity contribution in [1.29, 1.82) is 0 Å². The van der Waals surface area contributed by atoms with E-state index < -0.39 is 14.0 Å². The van der Waals surface area contributed by atoms with Crippen LogP contribution < -0.4 is 0 Å². The van der Waals surface area contributed by atoms with Crippen LogP contribution in [0.2, 0.25) is 19.6 Å². The molecule has 1 N–H and O–H groups in total. The highest BCUT2D eigenvalue weighted by molar-refractivity contribution is 8.13. The van der Waals surface area contributed by atoms with Gasteiger partial charge >= 0.3 is 5.97 Å². The van der Waals surface area contributed by atoms with Crippen molar-refractivity contribution >= 4 is 30.8 Å². The van der Waals surface area contributed by atoms with E-state index in [1.165, 1.54) is 0 Å². The molecule has 0 fully saturated rings. The standard InChI is InChI=1S/C16H25NO2SSi/c1-12(10-15(18)19)13-6-8-14(9-7-13)16(20-2)17-11-21(3,4)5/h6-9,12H,10-11H2,1-5H3,(H,18,19). The van der Waals surface area contributed by atoms with Crippen LogP contribution in [0.5, 0.6) is 0 Å². The molecule has 1 atom stereocenters. The van der Waals surface area contributed by atoms with Gasteiger partial charge in [-0.3, -0.25) is 9.79 Å². The molecule has 1 aromatic rings. The van der Waals surface area contributed by atoms with E-state index in [4.69, 9.17) is 10.1 Å².